The fourth-order valence-corrected chi connectivity index (χ4v) is 6.22. The number of rotatable bonds is 7. The van der Waals surface area contributed by atoms with Crippen molar-refractivity contribution in [2.45, 2.75) is 18.6 Å². The van der Waals surface area contributed by atoms with Crippen molar-refractivity contribution in [1.29, 1.82) is 0 Å². The van der Waals surface area contributed by atoms with Crippen molar-refractivity contribution in [3.05, 3.63) is 63.4 Å². The molecule has 9 nitrogen and oxygen atoms in total. The third-order valence-corrected chi connectivity index (χ3v) is 8.37. The van der Waals surface area contributed by atoms with E-state index in [4.69, 9.17) is 4.74 Å². The van der Waals surface area contributed by atoms with E-state index >= 15 is 0 Å². The van der Waals surface area contributed by atoms with Gasteiger partial charge >= 0.3 is 6.18 Å². The van der Waals surface area contributed by atoms with Gasteiger partial charge in [0.05, 0.1) is 35.1 Å². The number of piperazine rings is 1. The van der Waals surface area contributed by atoms with Crippen LogP contribution < -0.4 is 10.2 Å². The van der Waals surface area contributed by atoms with Crippen LogP contribution in [0.1, 0.15) is 22.3 Å². The van der Waals surface area contributed by atoms with Gasteiger partial charge in [-0.15, -0.1) is 0 Å². The zero-order valence-corrected chi connectivity index (χ0v) is 24.9. The molecule has 3 heterocycles. The largest absolute Gasteiger partial charge is 0.418 e. The van der Waals surface area contributed by atoms with Gasteiger partial charge in [-0.3, -0.25) is 19.3 Å². The van der Waals surface area contributed by atoms with E-state index in [1.165, 1.54) is 17.0 Å². The lowest BCUT2D eigenvalue weighted by Crippen LogP contribution is -2.49. The normalized spacial score (nSPS) is 22.7. The number of amides is 3. The number of hydrogen-bond acceptors (Lipinski definition) is 6. The Morgan fingerprint density at radius 3 is 2.60 bits per heavy atom. The highest BCUT2D eigenvalue weighted by atomic mass is 79.9. The number of benzene rings is 1. The first-order chi connectivity index (χ1) is 20.5. The van der Waals surface area contributed by atoms with Gasteiger partial charge in [-0.1, -0.05) is 28.1 Å². The predicted molar refractivity (Wildman–Crippen MR) is 154 cm³/mol. The first-order valence-electron chi connectivity index (χ1n) is 13.8. The molecule has 2 fully saturated rings. The molecule has 0 saturated carbocycles. The van der Waals surface area contributed by atoms with Crippen LogP contribution in [-0.2, 0) is 20.5 Å². The van der Waals surface area contributed by atoms with E-state index in [0.29, 0.717) is 45.8 Å². The molecule has 1 aromatic carbocycles. The van der Waals surface area contributed by atoms with Crippen molar-refractivity contribution in [2.24, 2.45) is 10.9 Å². The Bertz CT molecular complexity index is 1430. The number of nitrogens with zero attached hydrogens (tertiary/aromatic N) is 4. The Morgan fingerprint density at radius 1 is 1.16 bits per heavy atom. The van der Waals surface area contributed by atoms with E-state index in [0.717, 1.165) is 18.2 Å². The summed E-state index contributed by atoms with van der Waals surface area (Å²) in [5.41, 5.74) is -1.40. The topological polar surface area (TPSA) is 94.5 Å². The predicted octanol–water partition coefficient (Wildman–Crippen LogP) is 3.51. The van der Waals surface area contributed by atoms with Gasteiger partial charge in [0.2, 0.25) is 5.91 Å². The van der Waals surface area contributed by atoms with Crippen LogP contribution in [-0.4, -0.2) is 98.8 Å². The van der Waals surface area contributed by atoms with Gasteiger partial charge in [0.15, 0.2) is 0 Å². The molecule has 230 valence electrons. The van der Waals surface area contributed by atoms with Crippen LogP contribution in [0.5, 0.6) is 0 Å². The molecule has 1 aromatic rings. The summed E-state index contributed by atoms with van der Waals surface area (Å²) in [7, 11) is 1.60. The molecule has 0 spiro atoms. The molecule has 1 aliphatic carbocycles. The number of dihydropyridines is 1. The van der Waals surface area contributed by atoms with Crippen LogP contribution in [0.3, 0.4) is 0 Å². The second-order valence-corrected chi connectivity index (χ2v) is 11.6. The number of ether oxygens (including phenoxy) is 1. The van der Waals surface area contributed by atoms with Gasteiger partial charge in [0.25, 0.3) is 11.8 Å². The lowest BCUT2D eigenvalue weighted by Gasteiger charge is -2.35. The molecule has 1 N–H and O–H groups in total. The summed E-state index contributed by atoms with van der Waals surface area (Å²) < 4.78 is 62.6. The van der Waals surface area contributed by atoms with Gasteiger partial charge in [-0.25, -0.2) is 9.38 Å². The maximum Gasteiger partial charge on any atom is 0.418 e. The van der Waals surface area contributed by atoms with Crippen molar-refractivity contribution >= 4 is 45.1 Å². The average Bonchev–Trinajstić information content (AvgIpc) is 3.43. The molecule has 4 aliphatic rings. The smallest absolute Gasteiger partial charge is 0.383 e. The van der Waals surface area contributed by atoms with E-state index in [1.54, 1.807) is 18.1 Å². The molecule has 14 heteroatoms. The quantitative estimate of drug-likeness (QED) is 0.448. The minimum absolute atomic E-state index is 0.00152. The number of methoxy groups -OCH3 is 1. The summed E-state index contributed by atoms with van der Waals surface area (Å²) in [5, 5.41) is 2.79. The Hall–Kier alpha value is -3.36. The molecule has 0 aromatic heterocycles. The monoisotopic (exact) mass is 667 g/mol. The van der Waals surface area contributed by atoms with E-state index in [1.807, 2.05) is 0 Å². The molecule has 3 amide bonds. The van der Waals surface area contributed by atoms with Gasteiger partial charge < -0.3 is 19.9 Å². The number of nitrogens with one attached hydrogen (secondary N) is 1. The molecule has 3 aliphatic heterocycles. The van der Waals surface area contributed by atoms with Crippen molar-refractivity contribution < 1.29 is 36.7 Å². The van der Waals surface area contributed by atoms with E-state index < -0.39 is 47.2 Å². The van der Waals surface area contributed by atoms with Crippen LogP contribution in [0.4, 0.5) is 23.2 Å². The summed E-state index contributed by atoms with van der Waals surface area (Å²) in [5.74, 6) is -3.46. The fourth-order valence-electron chi connectivity index (χ4n) is 5.76. The molecule has 43 heavy (non-hydrogen) atoms. The molecule has 2 atom stereocenters. The van der Waals surface area contributed by atoms with E-state index in [2.05, 4.69) is 31.1 Å². The second kappa shape index (κ2) is 12.7. The maximum absolute atomic E-state index is 14.4. The molecule has 2 saturated heterocycles. The van der Waals surface area contributed by atoms with Crippen LogP contribution >= 0.6 is 15.9 Å². The van der Waals surface area contributed by atoms with Crippen molar-refractivity contribution in [1.82, 2.24) is 15.1 Å². The van der Waals surface area contributed by atoms with Crippen molar-refractivity contribution in [3.63, 3.8) is 0 Å². The van der Waals surface area contributed by atoms with Gasteiger partial charge in [-0.05, 0) is 24.6 Å². The summed E-state index contributed by atoms with van der Waals surface area (Å²) in [4.78, 5) is 47.8. The molecule has 0 bridgehead atoms. The number of hydrogen-bond donors (Lipinski definition) is 1. The minimum atomic E-state index is -4.75. The van der Waals surface area contributed by atoms with Gasteiger partial charge in [0, 0.05) is 75.1 Å². The SMILES string of the molecule is COCCN1CCN(C(=O)c2cc(Br)cc(C(F)(F)F)c2N2CC[C@@H](NC(=O)C3=CC(=O)N=C4C(F)=CC=CC34)C2)CC1. The Balaban J connectivity index is 1.35. The number of aliphatic imine (C=N–C) groups is 1. The van der Waals surface area contributed by atoms with E-state index in [-0.39, 0.29) is 40.1 Å². The maximum atomic E-state index is 14.4. The minimum Gasteiger partial charge on any atom is -0.383 e. The number of allylic oxidation sites excluding steroid dienone is 4. The number of halogens is 5. The fraction of sp³-hybridized carbons (Fsp3) is 0.448. The molecule has 1 unspecified atom stereocenters. The zero-order valence-electron chi connectivity index (χ0n) is 23.3. The van der Waals surface area contributed by atoms with Crippen LogP contribution in [0.25, 0.3) is 0 Å². The van der Waals surface area contributed by atoms with Gasteiger partial charge in [0.1, 0.15) is 5.83 Å². The van der Waals surface area contributed by atoms with Crippen LogP contribution in [0.2, 0.25) is 0 Å². The molecular formula is C29H30BrF4N5O4. The van der Waals surface area contributed by atoms with Crippen molar-refractivity contribution in [3.8, 4) is 0 Å². The Kier molecular flexibility index (Phi) is 9.18. The number of carbonyl (C=O) groups is 3. The van der Waals surface area contributed by atoms with Gasteiger partial charge in [-0.2, -0.15) is 13.2 Å². The second-order valence-electron chi connectivity index (χ2n) is 10.7. The summed E-state index contributed by atoms with van der Waals surface area (Å²) in [6, 6.07) is 1.78. The Labute approximate surface area is 254 Å². The zero-order chi connectivity index (χ0) is 30.9. The first kappa shape index (κ1) is 31.1. The number of fused-ring (bicyclic) bond motifs is 1. The van der Waals surface area contributed by atoms with Crippen LogP contribution in [0.15, 0.2) is 57.3 Å². The van der Waals surface area contributed by atoms with Crippen LogP contribution in [0, 0.1) is 5.92 Å². The van der Waals surface area contributed by atoms with E-state index in [9.17, 15) is 31.9 Å². The number of alkyl halides is 3. The summed E-state index contributed by atoms with van der Waals surface area (Å²) in [6.45, 7) is 3.25. The third-order valence-electron chi connectivity index (χ3n) is 7.91. The molecular weight excluding hydrogens is 638 g/mol. The third kappa shape index (κ3) is 6.75. The Morgan fingerprint density at radius 2 is 1.91 bits per heavy atom. The lowest BCUT2D eigenvalue weighted by molar-refractivity contribution is -0.137. The highest BCUT2D eigenvalue weighted by molar-refractivity contribution is 9.10. The number of anilines is 1. The number of carbonyl (C=O) groups excluding carboxylic acids is 3. The molecule has 0 radical (unpaired) electrons. The lowest BCUT2D eigenvalue weighted by atomic mass is 9.87. The summed E-state index contributed by atoms with van der Waals surface area (Å²) >= 11 is 3.16. The highest BCUT2D eigenvalue weighted by Crippen LogP contribution is 2.42. The standard InChI is InChI=1S/C29H30BrF4N5O4/c1-43-12-11-37-7-9-38(10-8-37)28(42)21-13-17(30)14-22(29(32,33)34)26(21)39-6-5-18(16-39)35-27(41)20-15-24(40)36-25-19(20)3-2-4-23(25)31/h2-4,13-15,18-19H,5-12,16H2,1H3,(H,35,41)/t18-,19?/m1/s1. The highest BCUT2D eigenvalue weighted by Gasteiger charge is 2.41. The summed E-state index contributed by atoms with van der Waals surface area (Å²) in [6.07, 6.45) is 0.714. The molecule has 5 rings (SSSR count). The average molecular weight is 668 g/mol. The van der Waals surface area contributed by atoms with Crippen molar-refractivity contribution in [2.75, 3.05) is 64.4 Å². The first-order valence-corrected chi connectivity index (χ1v) is 14.6.